The molecule has 0 aliphatic carbocycles. The van der Waals surface area contributed by atoms with Crippen molar-refractivity contribution in [1.82, 2.24) is 10.2 Å². The highest BCUT2D eigenvalue weighted by Gasteiger charge is 2.32. The molecule has 2 unspecified atom stereocenters. The predicted octanol–water partition coefficient (Wildman–Crippen LogP) is 2.12. The Hall–Kier alpha value is -0.120. The highest BCUT2D eigenvalue weighted by molar-refractivity contribution is 4.89. The van der Waals surface area contributed by atoms with Crippen LogP contribution in [-0.4, -0.2) is 49.3 Å². The molecule has 1 aliphatic rings. The summed E-state index contributed by atoms with van der Waals surface area (Å²) in [6.07, 6.45) is 1.21. The van der Waals surface area contributed by atoms with Crippen molar-refractivity contribution in [2.45, 2.75) is 58.7 Å². The minimum absolute atomic E-state index is 0.0493. The number of nitrogens with one attached hydrogen (secondary N) is 1. The summed E-state index contributed by atoms with van der Waals surface area (Å²) in [5.74, 6) is 0.695. The molecule has 102 valence electrons. The molecule has 0 bridgehead atoms. The van der Waals surface area contributed by atoms with Crippen LogP contribution in [0.1, 0.15) is 41.0 Å². The second kappa shape index (κ2) is 6.17. The lowest BCUT2D eigenvalue weighted by atomic mass is 9.96. The summed E-state index contributed by atoms with van der Waals surface area (Å²) in [6.45, 7) is 14.5. The summed E-state index contributed by atoms with van der Waals surface area (Å²) < 4.78 is 5.57. The Balaban J connectivity index is 2.63. The zero-order valence-corrected chi connectivity index (χ0v) is 12.4. The summed E-state index contributed by atoms with van der Waals surface area (Å²) in [5.41, 5.74) is -0.0493. The molecular weight excluding hydrogens is 212 g/mol. The van der Waals surface area contributed by atoms with Crippen LogP contribution in [-0.2, 0) is 4.74 Å². The molecule has 0 aromatic heterocycles. The lowest BCUT2D eigenvalue weighted by Crippen LogP contribution is -2.60. The average Bonchev–Trinajstić information content (AvgIpc) is 2.28. The van der Waals surface area contributed by atoms with Crippen molar-refractivity contribution in [3.05, 3.63) is 0 Å². The first-order valence-electron chi connectivity index (χ1n) is 6.92. The van der Waals surface area contributed by atoms with E-state index in [-0.39, 0.29) is 5.60 Å². The van der Waals surface area contributed by atoms with Crippen molar-refractivity contribution in [1.29, 1.82) is 0 Å². The molecule has 3 heteroatoms. The molecule has 1 N–H and O–H groups in total. The van der Waals surface area contributed by atoms with E-state index in [0.29, 0.717) is 18.0 Å². The van der Waals surface area contributed by atoms with E-state index in [4.69, 9.17) is 4.74 Å². The molecule has 1 saturated heterocycles. The van der Waals surface area contributed by atoms with Gasteiger partial charge < -0.3 is 10.1 Å². The van der Waals surface area contributed by atoms with Gasteiger partial charge in [-0.15, -0.1) is 0 Å². The van der Waals surface area contributed by atoms with E-state index >= 15 is 0 Å². The zero-order chi connectivity index (χ0) is 13.1. The highest BCUT2D eigenvalue weighted by atomic mass is 16.5. The topological polar surface area (TPSA) is 24.5 Å². The summed E-state index contributed by atoms with van der Waals surface area (Å²) in [6, 6.07) is 1.27. The van der Waals surface area contributed by atoms with E-state index in [1.807, 2.05) is 7.11 Å². The lowest BCUT2D eigenvalue weighted by molar-refractivity contribution is -0.0296. The van der Waals surface area contributed by atoms with E-state index in [1.165, 1.54) is 6.42 Å². The first-order valence-corrected chi connectivity index (χ1v) is 6.92. The van der Waals surface area contributed by atoms with Gasteiger partial charge >= 0.3 is 0 Å². The van der Waals surface area contributed by atoms with Crippen LogP contribution in [0, 0.1) is 5.92 Å². The highest BCUT2D eigenvalue weighted by Crippen LogP contribution is 2.19. The summed E-state index contributed by atoms with van der Waals surface area (Å²) in [7, 11) is 1.81. The largest absolute Gasteiger partial charge is 0.377 e. The van der Waals surface area contributed by atoms with Crippen LogP contribution in [0.3, 0.4) is 0 Å². The van der Waals surface area contributed by atoms with Crippen LogP contribution < -0.4 is 5.32 Å². The molecule has 2 atom stereocenters. The van der Waals surface area contributed by atoms with Crippen molar-refractivity contribution in [3.8, 4) is 0 Å². The number of piperazine rings is 1. The summed E-state index contributed by atoms with van der Waals surface area (Å²) in [4.78, 5) is 2.60. The smallest absolute Gasteiger partial charge is 0.0749 e. The van der Waals surface area contributed by atoms with Gasteiger partial charge in [0.2, 0.25) is 0 Å². The van der Waals surface area contributed by atoms with Gasteiger partial charge in [-0.3, -0.25) is 4.90 Å². The third-order valence-electron chi connectivity index (χ3n) is 3.98. The second-order valence-corrected chi connectivity index (χ2v) is 6.21. The molecule has 1 fully saturated rings. The maximum Gasteiger partial charge on any atom is 0.0749 e. The van der Waals surface area contributed by atoms with E-state index < -0.39 is 0 Å². The maximum absolute atomic E-state index is 5.57. The third kappa shape index (κ3) is 4.23. The Morgan fingerprint density at radius 2 is 2.06 bits per heavy atom. The normalized spacial score (nSPS) is 27.7. The number of nitrogens with zero attached hydrogens (tertiary/aromatic N) is 1. The average molecular weight is 242 g/mol. The Kier molecular flexibility index (Phi) is 5.42. The van der Waals surface area contributed by atoms with E-state index in [0.717, 1.165) is 19.6 Å². The minimum atomic E-state index is -0.0493. The standard InChI is InChI=1S/C14H30N2O/c1-7-12-8-15-13(11(2)3)9-16(12)10-14(4,5)17-6/h11-13,15H,7-10H2,1-6H3. The monoisotopic (exact) mass is 242 g/mol. The Bertz CT molecular complexity index is 228. The van der Waals surface area contributed by atoms with Gasteiger partial charge in [0, 0.05) is 38.8 Å². The number of methoxy groups -OCH3 is 1. The molecule has 0 amide bonds. The molecule has 3 nitrogen and oxygen atoms in total. The van der Waals surface area contributed by atoms with Crippen molar-refractivity contribution in [3.63, 3.8) is 0 Å². The SMILES string of the molecule is CCC1CNC(C(C)C)CN1CC(C)(C)OC. The van der Waals surface area contributed by atoms with Crippen LogP contribution in [0.15, 0.2) is 0 Å². The van der Waals surface area contributed by atoms with Gasteiger partial charge in [-0.2, -0.15) is 0 Å². The minimum Gasteiger partial charge on any atom is -0.377 e. The van der Waals surface area contributed by atoms with Gasteiger partial charge in [0.15, 0.2) is 0 Å². The first-order chi connectivity index (χ1) is 7.89. The number of hydrogen-bond acceptors (Lipinski definition) is 3. The van der Waals surface area contributed by atoms with E-state index in [1.54, 1.807) is 0 Å². The molecule has 0 saturated carbocycles. The molecule has 1 aliphatic heterocycles. The molecule has 1 rings (SSSR count). The Morgan fingerprint density at radius 1 is 1.41 bits per heavy atom. The molecule has 0 spiro atoms. The second-order valence-electron chi connectivity index (χ2n) is 6.21. The van der Waals surface area contributed by atoms with Crippen LogP contribution in [0.2, 0.25) is 0 Å². The Morgan fingerprint density at radius 3 is 2.53 bits per heavy atom. The molecule has 0 aromatic rings. The number of ether oxygens (including phenoxy) is 1. The number of hydrogen-bond donors (Lipinski definition) is 1. The van der Waals surface area contributed by atoms with Crippen molar-refractivity contribution in [2.24, 2.45) is 5.92 Å². The fraction of sp³-hybridized carbons (Fsp3) is 1.00. The Labute approximate surface area is 107 Å². The molecule has 17 heavy (non-hydrogen) atoms. The van der Waals surface area contributed by atoms with Gasteiger partial charge in [0.05, 0.1) is 5.60 Å². The van der Waals surface area contributed by atoms with Crippen LogP contribution >= 0.6 is 0 Å². The van der Waals surface area contributed by atoms with Crippen LogP contribution in [0.5, 0.6) is 0 Å². The van der Waals surface area contributed by atoms with Gasteiger partial charge in [0.25, 0.3) is 0 Å². The van der Waals surface area contributed by atoms with Crippen molar-refractivity contribution in [2.75, 3.05) is 26.7 Å². The van der Waals surface area contributed by atoms with Gasteiger partial charge in [0.1, 0.15) is 0 Å². The van der Waals surface area contributed by atoms with Gasteiger partial charge in [-0.1, -0.05) is 20.8 Å². The summed E-state index contributed by atoms with van der Waals surface area (Å²) >= 11 is 0. The van der Waals surface area contributed by atoms with E-state index in [9.17, 15) is 0 Å². The van der Waals surface area contributed by atoms with E-state index in [2.05, 4.69) is 44.8 Å². The van der Waals surface area contributed by atoms with Crippen LogP contribution in [0.25, 0.3) is 0 Å². The zero-order valence-electron chi connectivity index (χ0n) is 12.4. The van der Waals surface area contributed by atoms with Crippen molar-refractivity contribution >= 4 is 0 Å². The molecule has 0 aromatic carbocycles. The predicted molar refractivity (Wildman–Crippen MR) is 73.4 cm³/mol. The lowest BCUT2D eigenvalue weighted by Gasteiger charge is -2.44. The maximum atomic E-state index is 5.57. The third-order valence-corrected chi connectivity index (χ3v) is 3.98. The van der Waals surface area contributed by atoms with Crippen molar-refractivity contribution < 1.29 is 4.74 Å². The summed E-state index contributed by atoms with van der Waals surface area (Å²) in [5, 5.41) is 3.67. The number of rotatable bonds is 5. The fourth-order valence-electron chi connectivity index (χ4n) is 2.48. The molecule has 1 heterocycles. The molecular formula is C14H30N2O. The fourth-order valence-corrected chi connectivity index (χ4v) is 2.48. The quantitative estimate of drug-likeness (QED) is 0.799. The van der Waals surface area contributed by atoms with Crippen LogP contribution in [0.4, 0.5) is 0 Å². The van der Waals surface area contributed by atoms with Gasteiger partial charge in [-0.25, -0.2) is 0 Å². The van der Waals surface area contributed by atoms with Gasteiger partial charge in [-0.05, 0) is 26.2 Å². The first kappa shape index (κ1) is 14.9. The molecule has 0 radical (unpaired) electrons.